The second-order valence-corrected chi connectivity index (χ2v) is 4.17. The normalized spacial score (nSPS) is 12.5. The molecule has 0 aliphatic carbocycles. The number of halogens is 3. The Bertz CT molecular complexity index is 385. The van der Waals surface area contributed by atoms with Gasteiger partial charge in [-0.3, -0.25) is 0 Å². The van der Waals surface area contributed by atoms with Gasteiger partial charge in [0.1, 0.15) is 4.84 Å². The van der Waals surface area contributed by atoms with Gasteiger partial charge < -0.3 is 5.11 Å². The van der Waals surface area contributed by atoms with Crippen molar-refractivity contribution in [3.05, 3.63) is 41.5 Å². The van der Waals surface area contributed by atoms with Gasteiger partial charge >= 0.3 is 5.97 Å². The standard InChI is InChI=1S/C10H7Cl3O2/c11-8(6-4-2-1-3-5-6)7(9(12)13)10(14)15/h1-5,9H,(H,14,15). The molecule has 1 aromatic carbocycles. The lowest BCUT2D eigenvalue weighted by Crippen LogP contribution is -2.09. The molecule has 0 aliphatic rings. The Morgan fingerprint density at radius 3 is 2.13 bits per heavy atom. The van der Waals surface area contributed by atoms with Gasteiger partial charge in [0.05, 0.1) is 10.6 Å². The molecule has 0 unspecified atom stereocenters. The van der Waals surface area contributed by atoms with Crippen LogP contribution in [0.2, 0.25) is 0 Å². The fourth-order valence-electron chi connectivity index (χ4n) is 1.02. The van der Waals surface area contributed by atoms with E-state index in [4.69, 9.17) is 39.9 Å². The first-order valence-electron chi connectivity index (χ1n) is 4.00. The third-order valence-electron chi connectivity index (χ3n) is 1.71. The average molecular weight is 266 g/mol. The fourth-order valence-corrected chi connectivity index (χ4v) is 1.86. The lowest BCUT2D eigenvalue weighted by Gasteiger charge is -2.06. The number of carbonyl (C=O) groups is 1. The number of hydrogen-bond donors (Lipinski definition) is 1. The summed E-state index contributed by atoms with van der Waals surface area (Å²) in [6.45, 7) is 0. The topological polar surface area (TPSA) is 37.3 Å². The molecular formula is C10H7Cl3O2. The van der Waals surface area contributed by atoms with Crippen LogP contribution in [0.3, 0.4) is 0 Å². The van der Waals surface area contributed by atoms with Crippen LogP contribution in [0.1, 0.15) is 5.56 Å². The molecule has 0 fully saturated rings. The lowest BCUT2D eigenvalue weighted by molar-refractivity contribution is -0.132. The van der Waals surface area contributed by atoms with E-state index in [2.05, 4.69) is 0 Å². The summed E-state index contributed by atoms with van der Waals surface area (Å²) in [7, 11) is 0. The van der Waals surface area contributed by atoms with E-state index >= 15 is 0 Å². The average Bonchev–Trinajstić information content (AvgIpc) is 2.18. The maximum atomic E-state index is 10.8. The second kappa shape index (κ2) is 5.40. The van der Waals surface area contributed by atoms with Gasteiger partial charge in [-0.15, -0.1) is 0 Å². The minimum atomic E-state index is -1.22. The van der Waals surface area contributed by atoms with Gasteiger partial charge in [0.25, 0.3) is 0 Å². The first-order chi connectivity index (χ1) is 7.04. The van der Waals surface area contributed by atoms with Crippen LogP contribution in [0, 0.1) is 0 Å². The Balaban J connectivity index is 3.23. The molecule has 5 heteroatoms. The van der Waals surface area contributed by atoms with E-state index in [0.717, 1.165) is 0 Å². The maximum Gasteiger partial charge on any atom is 0.335 e. The van der Waals surface area contributed by atoms with Gasteiger partial charge in [-0.05, 0) is 5.56 Å². The molecule has 0 saturated carbocycles. The Morgan fingerprint density at radius 2 is 1.73 bits per heavy atom. The highest BCUT2D eigenvalue weighted by molar-refractivity contribution is 6.55. The van der Waals surface area contributed by atoms with E-state index in [-0.39, 0.29) is 10.6 Å². The summed E-state index contributed by atoms with van der Waals surface area (Å²) in [5, 5.41) is 8.92. The first kappa shape index (κ1) is 12.4. The molecule has 0 radical (unpaired) electrons. The predicted octanol–water partition coefficient (Wildman–Crippen LogP) is 3.52. The van der Waals surface area contributed by atoms with E-state index in [1.165, 1.54) is 0 Å². The molecular weight excluding hydrogens is 258 g/mol. The van der Waals surface area contributed by atoms with Crippen molar-refractivity contribution in [3.63, 3.8) is 0 Å². The van der Waals surface area contributed by atoms with Crippen LogP contribution >= 0.6 is 34.8 Å². The molecule has 0 aliphatic heterocycles. The van der Waals surface area contributed by atoms with Gasteiger partial charge in [-0.25, -0.2) is 4.79 Å². The fraction of sp³-hybridized carbons (Fsp3) is 0.100. The Labute approximate surface area is 102 Å². The van der Waals surface area contributed by atoms with Crippen molar-refractivity contribution in [2.75, 3.05) is 0 Å². The predicted molar refractivity (Wildman–Crippen MR) is 62.3 cm³/mol. The van der Waals surface area contributed by atoms with Gasteiger partial charge in [0, 0.05) is 0 Å². The van der Waals surface area contributed by atoms with Gasteiger partial charge in [-0.1, -0.05) is 65.1 Å². The molecule has 0 atom stereocenters. The summed E-state index contributed by atoms with van der Waals surface area (Å²) >= 11 is 16.9. The highest BCUT2D eigenvalue weighted by Crippen LogP contribution is 2.28. The van der Waals surface area contributed by atoms with Gasteiger partial charge in [0.15, 0.2) is 0 Å². The second-order valence-electron chi connectivity index (χ2n) is 2.70. The van der Waals surface area contributed by atoms with Crippen molar-refractivity contribution in [1.82, 2.24) is 0 Å². The van der Waals surface area contributed by atoms with Crippen LogP contribution in [0.5, 0.6) is 0 Å². The third-order valence-corrected chi connectivity index (χ3v) is 2.57. The van der Waals surface area contributed by atoms with Crippen molar-refractivity contribution in [1.29, 1.82) is 0 Å². The van der Waals surface area contributed by atoms with Gasteiger partial charge in [0.2, 0.25) is 0 Å². The highest BCUT2D eigenvalue weighted by atomic mass is 35.5. The third kappa shape index (κ3) is 3.13. The van der Waals surface area contributed by atoms with Crippen molar-refractivity contribution in [2.45, 2.75) is 4.84 Å². The number of hydrogen-bond acceptors (Lipinski definition) is 1. The van der Waals surface area contributed by atoms with Crippen LogP contribution in [0.4, 0.5) is 0 Å². The molecule has 80 valence electrons. The van der Waals surface area contributed by atoms with Gasteiger partial charge in [-0.2, -0.15) is 0 Å². The summed E-state index contributed by atoms with van der Waals surface area (Å²) in [6.07, 6.45) is 0. The van der Waals surface area contributed by atoms with Crippen molar-refractivity contribution in [3.8, 4) is 0 Å². The van der Waals surface area contributed by atoms with E-state index in [1.54, 1.807) is 30.3 Å². The highest BCUT2D eigenvalue weighted by Gasteiger charge is 2.20. The number of carboxylic acid groups (broad SMARTS) is 1. The summed E-state index contributed by atoms with van der Waals surface area (Å²) in [5.74, 6) is -1.22. The monoisotopic (exact) mass is 264 g/mol. The zero-order valence-electron chi connectivity index (χ0n) is 7.45. The minimum absolute atomic E-state index is 0.0538. The van der Waals surface area contributed by atoms with E-state index in [9.17, 15) is 4.79 Å². The summed E-state index contributed by atoms with van der Waals surface area (Å²) in [6, 6.07) is 8.65. The Kier molecular flexibility index (Phi) is 4.45. The van der Waals surface area contributed by atoms with Crippen LogP contribution in [0.15, 0.2) is 35.9 Å². The SMILES string of the molecule is O=C(O)C(=C(Cl)c1ccccc1)C(Cl)Cl. The van der Waals surface area contributed by atoms with E-state index in [0.29, 0.717) is 5.56 Å². The Morgan fingerprint density at radius 1 is 1.20 bits per heavy atom. The van der Waals surface area contributed by atoms with Crippen LogP contribution < -0.4 is 0 Å². The molecule has 1 aromatic rings. The summed E-state index contributed by atoms with van der Waals surface area (Å²) in [4.78, 5) is 9.69. The van der Waals surface area contributed by atoms with E-state index < -0.39 is 10.8 Å². The number of rotatable bonds is 3. The van der Waals surface area contributed by atoms with E-state index in [1.807, 2.05) is 0 Å². The van der Waals surface area contributed by atoms with Crippen molar-refractivity contribution >= 4 is 45.8 Å². The molecule has 1 rings (SSSR count). The molecule has 0 spiro atoms. The quantitative estimate of drug-likeness (QED) is 0.670. The molecule has 0 aromatic heterocycles. The zero-order valence-corrected chi connectivity index (χ0v) is 9.72. The number of aliphatic carboxylic acids is 1. The first-order valence-corrected chi connectivity index (χ1v) is 5.25. The molecule has 0 heterocycles. The molecule has 2 nitrogen and oxygen atoms in total. The van der Waals surface area contributed by atoms with Crippen LogP contribution in [0.25, 0.3) is 5.03 Å². The van der Waals surface area contributed by atoms with Crippen molar-refractivity contribution in [2.24, 2.45) is 0 Å². The smallest absolute Gasteiger partial charge is 0.335 e. The Hall–Kier alpha value is -0.700. The molecule has 0 saturated heterocycles. The number of benzene rings is 1. The minimum Gasteiger partial charge on any atom is -0.478 e. The molecule has 0 amide bonds. The molecule has 15 heavy (non-hydrogen) atoms. The van der Waals surface area contributed by atoms with Crippen molar-refractivity contribution < 1.29 is 9.90 Å². The van der Waals surface area contributed by atoms with Crippen LogP contribution in [-0.4, -0.2) is 15.9 Å². The number of carboxylic acids is 1. The molecule has 0 bridgehead atoms. The zero-order chi connectivity index (χ0) is 11.4. The number of alkyl halides is 2. The maximum absolute atomic E-state index is 10.8. The summed E-state index contributed by atoms with van der Waals surface area (Å²) in [5.41, 5.74) is 0.356. The largest absolute Gasteiger partial charge is 0.478 e. The summed E-state index contributed by atoms with van der Waals surface area (Å²) < 4.78 is 0. The lowest BCUT2D eigenvalue weighted by atomic mass is 10.1. The van der Waals surface area contributed by atoms with Crippen LogP contribution in [-0.2, 0) is 4.79 Å². The molecule has 1 N–H and O–H groups in total.